The van der Waals surface area contributed by atoms with Crippen molar-refractivity contribution in [2.45, 2.75) is 38.3 Å². The maximum Gasteiger partial charge on any atom is 0.0729 e. The molecule has 0 aromatic heterocycles. The van der Waals surface area contributed by atoms with Crippen LogP contribution < -0.4 is 0 Å². The van der Waals surface area contributed by atoms with E-state index in [1.165, 1.54) is 6.42 Å². The van der Waals surface area contributed by atoms with Gasteiger partial charge in [0.25, 0.3) is 0 Å². The van der Waals surface area contributed by atoms with Crippen molar-refractivity contribution in [3.05, 3.63) is 0 Å². The van der Waals surface area contributed by atoms with Crippen molar-refractivity contribution >= 4 is 0 Å². The first-order valence-corrected chi connectivity index (χ1v) is 4.82. The quantitative estimate of drug-likeness (QED) is 0.639. The van der Waals surface area contributed by atoms with Gasteiger partial charge in [-0.25, -0.2) is 0 Å². The zero-order valence-corrected chi connectivity index (χ0v) is 7.74. The second kappa shape index (κ2) is 4.80. The maximum absolute atomic E-state index is 9.46. The number of nitrogens with zero attached hydrogens (tertiary/aromatic N) is 1. The van der Waals surface area contributed by atoms with Crippen LogP contribution in [-0.4, -0.2) is 47.0 Å². The molecule has 2 atom stereocenters. The van der Waals surface area contributed by atoms with Gasteiger partial charge in [0, 0.05) is 6.54 Å². The predicted molar refractivity (Wildman–Crippen MR) is 48.0 cm³/mol. The lowest BCUT2D eigenvalue weighted by molar-refractivity contribution is 0.0709. The second-order valence-electron chi connectivity index (χ2n) is 3.50. The lowest BCUT2D eigenvalue weighted by Gasteiger charge is -2.23. The molecule has 1 fully saturated rings. The Morgan fingerprint density at radius 2 is 2.25 bits per heavy atom. The summed E-state index contributed by atoms with van der Waals surface area (Å²) in [5.41, 5.74) is 0. The fraction of sp³-hybridized carbons (Fsp3) is 1.00. The predicted octanol–water partition coefficient (Wildman–Crippen LogP) is 0.214. The first kappa shape index (κ1) is 9.96. The molecule has 1 aliphatic heterocycles. The first-order chi connectivity index (χ1) is 5.79. The van der Waals surface area contributed by atoms with Crippen LogP contribution >= 0.6 is 0 Å². The number of aliphatic hydroxyl groups excluding tert-OH is 2. The summed E-state index contributed by atoms with van der Waals surface area (Å²) < 4.78 is 0. The van der Waals surface area contributed by atoms with Crippen molar-refractivity contribution < 1.29 is 10.2 Å². The van der Waals surface area contributed by atoms with Crippen molar-refractivity contribution in [3.8, 4) is 0 Å². The Bertz CT molecular complexity index is 130. The van der Waals surface area contributed by atoms with Crippen LogP contribution in [0.25, 0.3) is 0 Å². The van der Waals surface area contributed by atoms with E-state index in [-0.39, 0.29) is 18.8 Å². The molecule has 0 amide bonds. The fourth-order valence-corrected chi connectivity index (χ4v) is 1.78. The molecule has 0 bridgehead atoms. The standard InChI is InChI=1S/C9H19NO2/c1-2-3-5-10-6-4-9(12)8(10)7-11/h8-9,11-12H,2-7H2,1H3/t8-,9+/m0/s1. The third-order valence-electron chi connectivity index (χ3n) is 2.61. The molecule has 0 unspecified atom stereocenters. The zero-order chi connectivity index (χ0) is 8.97. The molecular formula is C9H19NO2. The van der Waals surface area contributed by atoms with Crippen LogP contribution in [0, 0.1) is 0 Å². The molecule has 0 spiro atoms. The molecule has 12 heavy (non-hydrogen) atoms. The Labute approximate surface area is 74.0 Å². The van der Waals surface area contributed by atoms with Gasteiger partial charge in [0.05, 0.1) is 18.8 Å². The summed E-state index contributed by atoms with van der Waals surface area (Å²) in [5, 5.41) is 18.5. The minimum Gasteiger partial charge on any atom is -0.395 e. The van der Waals surface area contributed by atoms with Crippen LogP contribution in [-0.2, 0) is 0 Å². The van der Waals surface area contributed by atoms with Gasteiger partial charge in [-0.2, -0.15) is 0 Å². The van der Waals surface area contributed by atoms with Crippen molar-refractivity contribution in [2.24, 2.45) is 0 Å². The summed E-state index contributed by atoms with van der Waals surface area (Å²) in [5.74, 6) is 0. The molecule has 3 nitrogen and oxygen atoms in total. The van der Waals surface area contributed by atoms with Crippen LogP contribution in [0.4, 0.5) is 0 Å². The van der Waals surface area contributed by atoms with Crippen LogP contribution in [0.3, 0.4) is 0 Å². The lowest BCUT2D eigenvalue weighted by atomic mass is 10.2. The van der Waals surface area contributed by atoms with Gasteiger partial charge < -0.3 is 10.2 Å². The molecule has 0 saturated carbocycles. The molecule has 1 heterocycles. The Kier molecular flexibility index (Phi) is 3.98. The van der Waals surface area contributed by atoms with Gasteiger partial charge in [-0.15, -0.1) is 0 Å². The van der Waals surface area contributed by atoms with Gasteiger partial charge in [-0.05, 0) is 19.4 Å². The molecular weight excluding hydrogens is 154 g/mol. The average molecular weight is 173 g/mol. The van der Waals surface area contributed by atoms with Crippen LogP contribution in [0.1, 0.15) is 26.2 Å². The Morgan fingerprint density at radius 3 is 2.83 bits per heavy atom. The van der Waals surface area contributed by atoms with Crippen LogP contribution in [0.15, 0.2) is 0 Å². The highest BCUT2D eigenvalue weighted by molar-refractivity contribution is 4.85. The molecule has 72 valence electrons. The van der Waals surface area contributed by atoms with Crippen molar-refractivity contribution in [3.63, 3.8) is 0 Å². The molecule has 0 radical (unpaired) electrons. The minimum absolute atomic E-state index is 0.00319. The summed E-state index contributed by atoms with van der Waals surface area (Å²) in [6.45, 7) is 4.19. The van der Waals surface area contributed by atoms with E-state index in [9.17, 15) is 5.11 Å². The van der Waals surface area contributed by atoms with E-state index in [2.05, 4.69) is 11.8 Å². The number of unbranched alkanes of at least 4 members (excludes halogenated alkanes) is 1. The Balaban J connectivity index is 2.32. The fourth-order valence-electron chi connectivity index (χ4n) is 1.78. The Hall–Kier alpha value is -0.120. The van der Waals surface area contributed by atoms with Gasteiger partial charge in [-0.3, -0.25) is 4.90 Å². The largest absolute Gasteiger partial charge is 0.395 e. The topological polar surface area (TPSA) is 43.7 Å². The van der Waals surface area contributed by atoms with Crippen LogP contribution in [0.5, 0.6) is 0 Å². The summed E-state index contributed by atoms with van der Waals surface area (Å²) in [7, 11) is 0. The number of hydrogen-bond acceptors (Lipinski definition) is 3. The van der Waals surface area contributed by atoms with Crippen molar-refractivity contribution in [1.82, 2.24) is 4.90 Å². The monoisotopic (exact) mass is 173 g/mol. The highest BCUT2D eigenvalue weighted by atomic mass is 16.3. The number of hydrogen-bond donors (Lipinski definition) is 2. The molecule has 2 N–H and O–H groups in total. The number of likely N-dealkylation sites (tertiary alicyclic amines) is 1. The molecule has 1 aliphatic rings. The van der Waals surface area contributed by atoms with Gasteiger partial charge in [-0.1, -0.05) is 13.3 Å². The van der Waals surface area contributed by atoms with Gasteiger partial charge in [0.1, 0.15) is 0 Å². The molecule has 0 aliphatic carbocycles. The van der Waals surface area contributed by atoms with E-state index in [0.29, 0.717) is 0 Å². The van der Waals surface area contributed by atoms with Crippen molar-refractivity contribution in [1.29, 1.82) is 0 Å². The van der Waals surface area contributed by atoms with Gasteiger partial charge in [0.15, 0.2) is 0 Å². The molecule has 1 saturated heterocycles. The lowest BCUT2D eigenvalue weighted by Crippen LogP contribution is -2.38. The summed E-state index contributed by atoms with van der Waals surface area (Å²) in [4.78, 5) is 2.19. The highest BCUT2D eigenvalue weighted by Crippen LogP contribution is 2.17. The van der Waals surface area contributed by atoms with E-state index in [1.807, 2.05) is 0 Å². The second-order valence-corrected chi connectivity index (χ2v) is 3.50. The molecule has 0 aromatic rings. The third-order valence-corrected chi connectivity index (χ3v) is 2.61. The molecule has 3 heteroatoms. The highest BCUT2D eigenvalue weighted by Gasteiger charge is 2.31. The summed E-state index contributed by atoms with van der Waals surface area (Å²) >= 11 is 0. The zero-order valence-electron chi connectivity index (χ0n) is 7.74. The van der Waals surface area contributed by atoms with E-state index in [1.54, 1.807) is 0 Å². The van der Waals surface area contributed by atoms with Gasteiger partial charge in [0.2, 0.25) is 0 Å². The maximum atomic E-state index is 9.46. The molecule has 1 rings (SSSR count). The number of rotatable bonds is 4. The molecule has 0 aromatic carbocycles. The third kappa shape index (κ3) is 2.19. The van der Waals surface area contributed by atoms with E-state index < -0.39 is 0 Å². The summed E-state index contributed by atoms with van der Waals surface area (Å²) in [6.07, 6.45) is 2.83. The van der Waals surface area contributed by atoms with Crippen LogP contribution in [0.2, 0.25) is 0 Å². The van der Waals surface area contributed by atoms with Gasteiger partial charge >= 0.3 is 0 Å². The van der Waals surface area contributed by atoms with E-state index in [0.717, 1.165) is 25.9 Å². The normalized spacial score (nSPS) is 31.2. The minimum atomic E-state index is -0.313. The average Bonchev–Trinajstić information content (AvgIpc) is 2.43. The van der Waals surface area contributed by atoms with Crippen molar-refractivity contribution in [2.75, 3.05) is 19.7 Å². The Morgan fingerprint density at radius 1 is 1.50 bits per heavy atom. The van der Waals surface area contributed by atoms with E-state index >= 15 is 0 Å². The number of aliphatic hydroxyl groups is 2. The smallest absolute Gasteiger partial charge is 0.0729 e. The van der Waals surface area contributed by atoms with E-state index in [4.69, 9.17) is 5.11 Å². The summed E-state index contributed by atoms with van der Waals surface area (Å²) in [6, 6.07) is -0.00319. The SMILES string of the molecule is CCCCN1CC[C@@H](O)[C@@H]1CO. The first-order valence-electron chi connectivity index (χ1n) is 4.82.